The van der Waals surface area contributed by atoms with Gasteiger partial charge in [-0.2, -0.15) is 0 Å². The number of anilines is 2. The lowest BCUT2D eigenvalue weighted by Crippen LogP contribution is -2.05. The Kier molecular flexibility index (Phi) is 4.77. The highest BCUT2D eigenvalue weighted by molar-refractivity contribution is 9.10. The summed E-state index contributed by atoms with van der Waals surface area (Å²) in [5, 5.41) is 5.60. The largest absolute Gasteiger partial charge is 0.461 e. The van der Waals surface area contributed by atoms with Crippen LogP contribution in [0.4, 0.5) is 10.8 Å². The summed E-state index contributed by atoms with van der Waals surface area (Å²) < 4.78 is 5.90. The van der Waals surface area contributed by atoms with Gasteiger partial charge in [-0.15, -0.1) is 11.3 Å². The Morgan fingerprint density at radius 1 is 1.45 bits per heavy atom. The highest BCUT2D eigenvalue weighted by Crippen LogP contribution is 2.31. The molecule has 0 atom stereocenters. The van der Waals surface area contributed by atoms with E-state index in [0.717, 1.165) is 15.7 Å². The summed E-state index contributed by atoms with van der Waals surface area (Å²) >= 11 is 4.92. The van der Waals surface area contributed by atoms with E-state index in [-0.39, 0.29) is 0 Å². The second kappa shape index (κ2) is 6.37. The number of thiazole rings is 1. The van der Waals surface area contributed by atoms with E-state index in [2.05, 4.69) is 32.3 Å². The SMILES string of the molecule is CCOC(=O)c1csc(Nc2c(C)cc(C)cc2Br)n1. The van der Waals surface area contributed by atoms with Gasteiger partial charge in [-0.3, -0.25) is 0 Å². The molecule has 0 aliphatic carbocycles. The molecule has 0 fully saturated rings. The Hall–Kier alpha value is -1.40. The number of nitrogens with one attached hydrogen (secondary N) is 1. The maximum Gasteiger partial charge on any atom is 0.357 e. The van der Waals surface area contributed by atoms with Gasteiger partial charge >= 0.3 is 5.97 Å². The first-order chi connectivity index (χ1) is 9.51. The van der Waals surface area contributed by atoms with E-state index >= 15 is 0 Å². The van der Waals surface area contributed by atoms with Gasteiger partial charge < -0.3 is 10.1 Å². The van der Waals surface area contributed by atoms with Crippen LogP contribution in [-0.2, 0) is 4.74 Å². The number of rotatable bonds is 4. The molecule has 1 heterocycles. The minimum absolute atomic E-state index is 0.334. The lowest BCUT2D eigenvalue weighted by molar-refractivity contribution is 0.0520. The molecule has 1 aromatic heterocycles. The number of halogens is 1. The third-order valence-electron chi connectivity index (χ3n) is 2.65. The topological polar surface area (TPSA) is 51.2 Å². The highest BCUT2D eigenvalue weighted by Gasteiger charge is 2.13. The van der Waals surface area contributed by atoms with Crippen molar-refractivity contribution >= 4 is 44.1 Å². The van der Waals surface area contributed by atoms with E-state index in [0.29, 0.717) is 17.4 Å². The molecule has 1 N–H and O–H groups in total. The van der Waals surface area contributed by atoms with Crippen molar-refractivity contribution in [1.29, 1.82) is 0 Å². The van der Waals surface area contributed by atoms with E-state index in [1.54, 1.807) is 12.3 Å². The molecule has 0 aliphatic heterocycles. The van der Waals surface area contributed by atoms with Gasteiger partial charge in [0, 0.05) is 9.85 Å². The number of hydrogen-bond donors (Lipinski definition) is 1. The molecule has 0 amide bonds. The average Bonchev–Trinajstić information content (AvgIpc) is 2.82. The summed E-state index contributed by atoms with van der Waals surface area (Å²) in [5.74, 6) is -0.392. The number of carbonyl (C=O) groups is 1. The number of hydrogen-bond acceptors (Lipinski definition) is 5. The smallest absolute Gasteiger partial charge is 0.357 e. The molecule has 0 spiro atoms. The summed E-state index contributed by atoms with van der Waals surface area (Å²) in [5.41, 5.74) is 3.59. The van der Waals surface area contributed by atoms with Crippen LogP contribution in [0.1, 0.15) is 28.5 Å². The van der Waals surface area contributed by atoms with Crippen LogP contribution in [0.3, 0.4) is 0 Å². The van der Waals surface area contributed by atoms with Crippen LogP contribution >= 0.6 is 27.3 Å². The normalized spacial score (nSPS) is 10.4. The van der Waals surface area contributed by atoms with Crippen molar-refractivity contribution in [1.82, 2.24) is 4.98 Å². The molecular formula is C14H15BrN2O2S. The molecule has 1 aromatic carbocycles. The van der Waals surface area contributed by atoms with Crippen molar-refractivity contribution in [2.24, 2.45) is 0 Å². The van der Waals surface area contributed by atoms with Gasteiger partial charge in [0.1, 0.15) is 0 Å². The van der Waals surface area contributed by atoms with E-state index in [1.807, 2.05) is 19.9 Å². The summed E-state index contributed by atoms with van der Waals surface area (Å²) in [6, 6.07) is 4.13. The second-order valence-electron chi connectivity index (χ2n) is 4.32. The fraction of sp³-hybridized carbons (Fsp3) is 0.286. The Labute approximate surface area is 130 Å². The Balaban J connectivity index is 2.21. The van der Waals surface area contributed by atoms with Gasteiger partial charge in [0.25, 0.3) is 0 Å². The molecule has 106 valence electrons. The van der Waals surface area contributed by atoms with Crippen molar-refractivity contribution in [2.75, 3.05) is 11.9 Å². The number of carbonyl (C=O) groups excluding carboxylic acids is 1. The number of benzene rings is 1. The third kappa shape index (κ3) is 3.37. The predicted molar refractivity (Wildman–Crippen MR) is 85.0 cm³/mol. The first-order valence-corrected chi connectivity index (χ1v) is 7.85. The summed E-state index contributed by atoms with van der Waals surface area (Å²) in [7, 11) is 0. The fourth-order valence-corrected chi connectivity index (χ4v) is 3.27. The number of esters is 1. The molecule has 0 saturated carbocycles. The van der Waals surface area contributed by atoms with Crippen molar-refractivity contribution in [3.8, 4) is 0 Å². The molecule has 0 aliphatic rings. The van der Waals surface area contributed by atoms with Crippen LogP contribution in [-0.4, -0.2) is 17.6 Å². The van der Waals surface area contributed by atoms with E-state index < -0.39 is 5.97 Å². The van der Waals surface area contributed by atoms with Gasteiger partial charge in [-0.05, 0) is 53.9 Å². The molecule has 2 aromatic rings. The Morgan fingerprint density at radius 2 is 2.20 bits per heavy atom. The lowest BCUT2D eigenvalue weighted by Gasteiger charge is -2.10. The van der Waals surface area contributed by atoms with Crippen LogP contribution in [0.15, 0.2) is 22.0 Å². The zero-order chi connectivity index (χ0) is 14.7. The monoisotopic (exact) mass is 354 g/mol. The average molecular weight is 355 g/mol. The quantitative estimate of drug-likeness (QED) is 0.824. The Bertz CT molecular complexity index is 617. The van der Waals surface area contributed by atoms with Gasteiger partial charge in [-0.1, -0.05) is 6.07 Å². The molecule has 4 nitrogen and oxygen atoms in total. The standard InChI is InChI=1S/C14H15BrN2O2S/c1-4-19-13(18)11-7-20-14(16-11)17-12-9(3)5-8(2)6-10(12)15/h5-7H,4H2,1-3H3,(H,16,17). The van der Waals surface area contributed by atoms with Gasteiger partial charge in [0.2, 0.25) is 0 Å². The second-order valence-corrected chi connectivity index (χ2v) is 6.03. The first kappa shape index (κ1) is 15.0. The highest BCUT2D eigenvalue weighted by atomic mass is 79.9. The predicted octanol–water partition coefficient (Wildman–Crippen LogP) is 4.44. The van der Waals surface area contributed by atoms with E-state index in [1.165, 1.54) is 16.9 Å². The van der Waals surface area contributed by atoms with E-state index in [4.69, 9.17) is 4.74 Å². The van der Waals surface area contributed by atoms with Crippen LogP contribution in [0.5, 0.6) is 0 Å². The van der Waals surface area contributed by atoms with Crippen LogP contribution in [0.2, 0.25) is 0 Å². The van der Waals surface area contributed by atoms with Crippen molar-refractivity contribution in [2.45, 2.75) is 20.8 Å². The minimum atomic E-state index is -0.392. The van der Waals surface area contributed by atoms with Crippen molar-refractivity contribution in [3.05, 3.63) is 38.8 Å². The Morgan fingerprint density at radius 3 is 2.85 bits per heavy atom. The zero-order valence-electron chi connectivity index (χ0n) is 11.5. The third-order valence-corrected chi connectivity index (χ3v) is 4.04. The van der Waals surface area contributed by atoms with Gasteiger partial charge in [-0.25, -0.2) is 9.78 Å². The maximum absolute atomic E-state index is 11.6. The number of ether oxygens (including phenoxy) is 1. The first-order valence-electron chi connectivity index (χ1n) is 6.17. The van der Waals surface area contributed by atoms with Crippen molar-refractivity contribution < 1.29 is 9.53 Å². The molecule has 0 bridgehead atoms. The molecule has 0 saturated heterocycles. The number of aryl methyl sites for hydroxylation is 2. The maximum atomic E-state index is 11.6. The van der Waals surface area contributed by atoms with Crippen LogP contribution in [0.25, 0.3) is 0 Å². The number of aromatic nitrogens is 1. The molecule has 2 rings (SSSR count). The van der Waals surface area contributed by atoms with Crippen LogP contribution < -0.4 is 5.32 Å². The van der Waals surface area contributed by atoms with Crippen LogP contribution in [0, 0.1) is 13.8 Å². The van der Waals surface area contributed by atoms with E-state index in [9.17, 15) is 4.79 Å². The molecule has 20 heavy (non-hydrogen) atoms. The minimum Gasteiger partial charge on any atom is -0.461 e. The fourth-order valence-electron chi connectivity index (χ4n) is 1.81. The van der Waals surface area contributed by atoms with Gasteiger partial charge in [0.05, 0.1) is 12.3 Å². The molecule has 0 radical (unpaired) electrons. The van der Waals surface area contributed by atoms with Gasteiger partial charge in [0.15, 0.2) is 10.8 Å². The molecule has 6 heteroatoms. The summed E-state index contributed by atoms with van der Waals surface area (Å²) in [4.78, 5) is 15.8. The summed E-state index contributed by atoms with van der Waals surface area (Å²) in [6.07, 6.45) is 0. The van der Waals surface area contributed by atoms with Crippen molar-refractivity contribution in [3.63, 3.8) is 0 Å². The molecule has 0 unspecified atom stereocenters. The lowest BCUT2D eigenvalue weighted by atomic mass is 10.1. The number of nitrogens with zero attached hydrogens (tertiary/aromatic N) is 1. The zero-order valence-corrected chi connectivity index (χ0v) is 13.9. The molecular weight excluding hydrogens is 340 g/mol. The summed E-state index contributed by atoms with van der Waals surface area (Å²) in [6.45, 7) is 6.20.